The summed E-state index contributed by atoms with van der Waals surface area (Å²) >= 11 is 0. The van der Waals surface area contributed by atoms with Gasteiger partial charge in [0.25, 0.3) is 0 Å². The number of nitrogens with zero attached hydrogens (tertiary/aromatic N) is 5. The maximum Gasteiger partial charge on any atom is 0.417 e. The Morgan fingerprint density at radius 3 is 2.61 bits per heavy atom. The zero-order chi connectivity index (χ0) is 22.0. The molecule has 0 spiro atoms. The van der Waals surface area contributed by atoms with Gasteiger partial charge in [0, 0.05) is 69.7 Å². The van der Waals surface area contributed by atoms with Crippen LogP contribution in [0.4, 0.5) is 18.0 Å². The highest BCUT2D eigenvalue weighted by molar-refractivity contribution is 5.75. The second-order valence-electron chi connectivity index (χ2n) is 8.59. The SMILES string of the molecule is N#CCN1CCC(NC2CCN(C(=O)N3CCc4ncc(C(F)(F)F)cc4C3)C2)CC1. The zero-order valence-electron chi connectivity index (χ0n) is 17.4. The number of likely N-dealkylation sites (tertiary alicyclic amines) is 2. The van der Waals surface area contributed by atoms with Crippen LogP contribution in [-0.4, -0.2) is 77.1 Å². The molecule has 0 radical (unpaired) electrons. The van der Waals surface area contributed by atoms with Gasteiger partial charge in [0.15, 0.2) is 0 Å². The highest BCUT2D eigenvalue weighted by Gasteiger charge is 2.35. The van der Waals surface area contributed by atoms with Gasteiger partial charge in [-0.3, -0.25) is 9.88 Å². The molecule has 4 rings (SSSR count). The third-order valence-electron chi connectivity index (χ3n) is 6.45. The second-order valence-corrected chi connectivity index (χ2v) is 8.59. The number of hydrogen-bond donors (Lipinski definition) is 1. The molecule has 0 saturated carbocycles. The normalized spacial score (nSPS) is 23.0. The van der Waals surface area contributed by atoms with Gasteiger partial charge in [-0.1, -0.05) is 0 Å². The highest BCUT2D eigenvalue weighted by Crippen LogP contribution is 2.31. The number of carbonyl (C=O) groups excluding carboxylic acids is 1. The van der Waals surface area contributed by atoms with E-state index in [1.54, 1.807) is 9.80 Å². The molecule has 3 aliphatic heterocycles. The van der Waals surface area contributed by atoms with E-state index in [4.69, 9.17) is 5.26 Å². The molecule has 2 amide bonds. The molecule has 7 nitrogen and oxygen atoms in total. The van der Waals surface area contributed by atoms with Crippen molar-refractivity contribution in [3.8, 4) is 6.07 Å². The summed E-state index contributed by atoms with van der Waals surface area (Å²) in [5.41, 5.74) is 0.347. The summed E-state index contributed by atoms with van der Waals surface area (Å²) in [5, 5.41) is 12.5. The van der Waals surface area contributed by atoms with Gasteiger partial charge in [-0.15, -0.1) is 0 Å². The summed E-state index contributed by atoms with van der Waals surface area (Å²) in [6.45, 7) is 4.17. The van der Waals surface area contributed by atoms with Gasteiger partial charge in [-0.05, 0) is 30.9 Å². The molecular weight excluding hydrogens is 409 g/mol. The fraction of sp³-hybridized carbons (Fsp3) is 0.667. The highest BCUT2D eigenvalue weighted by atomic mass is 19.4. The number of piperidine rings is 1. The number of rotatable bonds is 3. The minimum atomic E-state index is -4.44. The Bertz CT molecular complexity index is 846. The Hall–Kier alpha value is -2.38. The Balaban J connectivity index is 1.30. The van der Waals surface area contributed by atoms with Crippen molar-refractivity contribution < 1.29 is 18.0 Å². The van der Waals surface area contributed by atoms with E-state index in [1.807, 2.05) is 0 Å². The van der Waals surface area contributed by atoms with Crippen molar-refractivity contribution in [2.45, 2.75) is 50.5 Å². The van der Waals surface area contributed by atoms with Crippen LogP contribution >= 0.6 is 0 Å². The zero-order valence-corrected chi connectivity index (χ0v) is 17.4. The van der Waals surface area contributed by atoms with Gasteiger partial charge in [0.05, 0.1) is 18.2 Å². The fourth-order valence-corrected chi connectivity index (χ4v) is 4.71. The molecule has 10 heteroatoms. The first-order chi connectivity index (χ1) is 14.8. The van der Waals surface area contributed by atoms with Gasteiger partial charge in [-0.25, -0.2) is 4.79 Å². The van der Waals surface area contributed by atoms with Crippen LogP contribution in [0.2, 0.25) is 0 Å². The van der Waals surface area contributed by atoms with Crippen molar-refractivity contribution in [2.75, 3.05) is 39.3 Å². The van der Waals surface area contributed by atoms with Gasteiger partial charge < -0.3 is 15.1 Å². The van der Waals surface area contributed by atoms with E-state index in [9.17, 15) is 18.0 Å². The molecule has 0 aromatic carbocycles. The Labute approximate surface area is 179 Å². The fourth-order valence-electron chi connectivity index (χ4n) is 4.71. The molecule has 31 heavy (non-hydrogen) atoms. The molecule has 3 aliphatic rings. The first-order valence-corrected chi connectivity index (χ1v) is 10.8. The number of nitrogens with one attached hydrogen (secondary N) is 1. The van der Waals surface area contributed by atoms with E-state index in [2.05, 4.69) is 21.3 Å². The number of alkyl halides is 3. The molecule has 1 aromatic rings. The van der Waals surface area contributed by atoms with Crippen LogP contribution in [0.5, 0.6) is 0 Å². The number of carbonyl (C=O) groups is 1. The quantitative estimate of drug-likeness (QED) is 0.736. The number of pyridine rings is 1. The topological polar surface area (TPSA) is 75.5 Å². The van der Waals surface area contributed by atoms with Crippen molar-refractivity contribution in [3.05, 3.63) is 29.1 Å². The third kappa shape index (κ3) is 5.10. The molecule has 168 valence electrons. The summed E-state index contributed by atoms with van der Waals surface area (Å²) in [4.78, 5) is 22.5. The van der Waals surface area contributed by atoms with E-state index in [0.717, 1.165) is 44.6 Å². The summed E-state index contributed by atoms with van der Waals surface area (Å²) < 4.78 is 39.0. The van der Waals surface area contributed by atoms with Gasteiger partial charge in [-0.2, -0.15) is 18.4 Å². The first-order valence-electron chi connectivity index (χ1n) is 10.8. The Kier molecular flexibility index (Phi) is 6.34. The van der Waals surface area contributed by atoms with Crippen molar-refractivity contribution in [3.63, 3.8) is 0 Å². The lowest BCUT2D eigenvalue weighted by molar-refractivity contribution is -0.137. The number of halogens is 3. The van der Waals surface area contributed by atoms with Crippen molar-refractivity contribution in [1.82, 2.24) is 25.0 Å². The number of nitriles is 1. The number of urea groups is 1. The number of hydrogen-bond acceptors (Lipinski definition) is 5. The summed E-state index contributed by atoms with van der Waals surface area (Å²) in [6.07, 6.45) is -0.248. The van der Waals surface area contributed by atoms with Crippen LogP contribution in [0.25, 0.3) is 0 Å². The predicted octanol–water partition coefficient (Wildman–Crippen LogP) is 2.23. The van der Waals surface area contributed by atoms with E-state index < -0.39 is 11.7 Å². The summed E-state index contributed by atoms with van der Waals surface area (Å²) in [6, 6.07) is 3.81. The minimum absolute atomic E-state index is 0.115. The lowest BCUT2D eigenvalue weighted by Gasteiger charge is -2.33. The van der Waals surface area contributed by atoms with E-state index in [0.29, 0.717) is 49.9 Å². The van der Waals surface area contributed by atoms with Gasteiger partial charge >= 0.3 is 12.2 Å². The average molecular weight is 436 g/mol. The maximum atomic E-state index is 13.0. The third-order valence-corrected chi connectivity index (χ3v) is 6.45. The second kappa shape index (κ2) is 9.01. The van der Waals surface area contributed by atoms with Crippen molar-refractivity contribution in [1.29, 1.82) is 5.26 Å². The van der Waals surface area contributed by atoms with Crippen molar-refractivity contribution in [2.24, 2.45) is 0 Å². The van der Waals surface area contributed by atoms with Crippen LogP contribution in [-0.2, 0) is 19.1 Å². The number of fused-ring (bicyclic) bond motifs is 1. The van der Waals surface area contributed by atoms with E-state index >= 15 is 0 Å². The standard InChI is InChI=1S/C21H27F3N6O/c22-21(23,24)16-11-15-13-29(9-4-19(15)26-12-16)20(31)30-8-3-18(14-30)27-17-1-6-28(7-2-17)10-5-25/h11-12,17-18,27H,1-4,6-10,13-14H2. The van der Waals surface area contributed by atoms with Crippen LogP contribution in [0.3, 0.4) is 0 Å². The molecule has 1 atom stereocenters. The Morgan fingerprint density at radius 2 is 1.90 bits per heavy atom. The van der Waals surface area contributed by atoms with Crippen LogP contribution < -0.4 is 5.32 Å². The largest absolute Gasteiger partial charge is 0.417 e. The number of amides is 2. The summed E-state index contributed by atoms with van der Waals surface area (Å²) in [5.74, 6) is 0. The Morgan fingerprint density at radius 1 is 1.16 bits per heavy atom. The molecule has 0 aliphatic carbocycles. The lowest BCUT2D eigenvalue weighted by atomic mass is 10.0. The smallest absolute Gasteiger partial charge is 0.323 e. The molecule has 0 bridgehead atoms. The predicted molar refractivity (Wildman–Crippen MR) is 107 cm³/mol. The van der Waals surface area contributed by atoms with Gasteiger partial charge in [0.1, 0.15) is 0 Å². The first kappa shape index (κ1) is 21.8. The van der Waals surface area contributed by atoms with E-state index in [-0.39, 0.29) is 18.6 Å². The molecule has 1 unspecified atom stereocenters. The lowest BCUT2D eigenvalue weighted by Crippen LogP contribution is -2.48. The van der Waals surface area contributed by atoms with Crippen molar-refractivity contribution >= 4 is 6.03 Å². The van der Waals surface area contributed by atoms with Crippen LogP contribution in [0.15, 0.2) is 12.3 Å². The monoisotopic (exact) mass is 436 g/mol. The molecule has 4 heterocycles. The van der Waals surface area contributed by atoms with Gasteiger partial charge in [0.2, 0.25) is 0 Å². The minimum Gasteiger partial charge on any atom is -0.323 e. The van der Waals surface area contributed by atoms with E-state index in [1.165, 1.54) is 0 Å². The molecule has 1 aromatic heterocycles. The summed E-state index contributed by atoms with van der Waals surface area (Å²) in [7, 11) is 0. The molecule has 1 N–H and O–H groups in total. The average Bonchev–Trinajstić information content (AvgIpc) is 3.22. The number of aromatic nitrogens is 1. The molecular formula is C21H27F3N6O. The maximum absolute atomic E-state index is 13.0. The molecule has 2 fully saturated rings. The van der Waals surface area contributed by atoms with Crippen LogP contribution in [0.1, 0.15) is 36.1 Å². The van der Waals surface area contributed by atoms with Crippen LogP contribution in [0, 0.1) is 11.3 Å². The molecule has 2 saturated heterocycles.